The summed E-state index contributed by atoms with van der Waals surface area (Å²) in [6.07, 6.45) is 0.618. The molecular formula is C15H20N4O4S3. The Hall–Kier alpha value is -1.43. The summed E-state index contributed by atoms with van der Waals surface area (Å²) in [5.74, 6) is 0.592. The highest BCUT2D eigenvalue weighted by Gasteiger charge is 2.42. The largest absolute Gasteiger partial charge is 0.360 e. The number of amides is 1. The SMILES string of the molecule is Cc1nc(CCNC(=O)[C@H]2CSCN2S(=O)(=O)c2c(C)noc2C)cs1. The summed E-state index contributed by atoms with van der Waals surface area (Å²) in [5.41, 5.74) is 1.23. The minimum Gasteiger partial charge on any atom is -0.360 e. The first kappa shape index (κ1) is 19.3. The van der Waals surface area contributed by atoms with E-state index in [1.54, 1.807) is 25.2 Å². The van der Waals surface area contributed by atoms with Gasteiger partial charge in [-0.3, -0.25) is 4.79 Å². The number of hydrogen-bond acceptors (Lipinski definition) is 8. The second kappa shape index (κ2) is 7.67. The summed E-state index contributed by atoms with van der Waals surface area (Å²) in [5, 5.41) is 9.48. The first-order valence-corrected chi connectivity index (χ1v) is 11.5. The standard InChI is InChI=1S/C15H20N4O4S3/c1-9-14(10(2)23-18-9)26(21,22)19-8-24-7-13(19)15(20)16-5-4-12-6-25-11(3)17-12/h6,13H,4-5,7-8H2,1-3H3,(H,16,20)/t13-/m1/s1. The van der Waals surface area contributed by atoms with Crippen LogP contribution in [0.25, 0.3) is 0 Å². The zero-order valence-electron chi connectivity index (χ0n) is 14.7. The Kier molecular flexibility index (Phi) is 5.70. The highest BCUT2D eigenvalue weighted by molar-refractivity contribution is 8.00. The normalized spacial score (nSPS) is 18.3. The van der Waals surface area contributed by atoms with Gasteiger partial charge in [0.05, 0.1) is 16.6 Å². The molecule has 1 aliphatic heterocycles. The van der Waals surface area contributed by atoms with Crippen LogP contribution in [-0.4, -0.2) is 53.0 Å². The van der Waals surface area contributed by atoms with Gasteiger partial charge in [-0.2, -0.15) is 4.31 Å². The van der Waals surface area contributed by atoms with E-state index in [4.69, 9.17) is 4.52 Å². The van der Waals surface area contributed by atoms with E-state index in [1.807, 2.05) is 12.3 Å². The van der Waals surface area contributed by atoms with E-state index in [0.29, 0.717) is 24.4 Å². The molecule has 8 nitrogen and oxygen atoms in total. The zero-order valence-corrected chi connectivity index (χ0v) is 17.1. The van der Waals surface area contributed by atoms with Gasteiger partial charge in [-0.25, -0.2) is 13.4 Å². The average molecular weight is 417 g/mol. The third kappa shape index (κ3) is 3.80. The van der Waals surface area contributed by atoms with Crippen molar-refractivity contribution in [1.82, 2.24) is 19.8 Å². The number of carbonyl (C=O) groups excluding carboxylic acids is 1. The Morgan fingerprint density at radius 3 is 2.81 bits per heavy atom. The number of nitrogens with one attached hydrogen (secondary N) is 1. The van der Waals surface area contributed by atoms with E-state index in [0.717, 1.165) is 10.7 Å². The number of aromatic nitrogens is 2. The number of hydrogen-bond donors (Lipinski definition) is 1. The van der Waals surface area contributed by atoms with Crippen molar-refractivity contribution in [2.75, 3.05) is 18.2 Å². The molecule has 1 fully saturated rings. The van der Waals surface area contributed by atoms with Crippen molar-refractivity contribution in [1.29, 1.82) is 0 Å². The molecule has 0 aliphatic carbocycles. The van der Waals surface area contributed by atoms with Gasteiger partial charge in [0.1, 0.15) is 16.6 Å². The van der Waals surface area contributed by atoms with E-state index < -0.39 is 16.1 Å². The number of rotatable bonds is 6. The van der Waals surface area contributed by atoms with E-state index in [1.165, 1.54) is 16.1 Å². The van der Waals surface area contributed by atoms with Crippen molar-refractivity contribution < 1.29 is 17.7 Å². The molecule has 1 N–H and O–H groups in total. The fourth-order valence-corrected chi connectivity index (χ4v) is 6.88. The van der Waals surface area contributed by atoms with Gasteiger partial charge in [0, 0.05) is 24.1 Å². The van der Waals surface area contributed by atoms with Crippen LogP contribution in [0.4, 0.5) is 0 Å². The fraction of sp³-hybridized carbons (Fsp3) is 0.533. The van der Waals surface area contributed by atoms with Crippen LogP contribution in [-0.2, 0) is 21.2 Å². The molecule has 1 saturated heterocycles. The predicted molar refractivity (Wildman–Crippen MR) is 99.7 cm³/mol. The third-order valence-corrected chi connectivity index (χ3v) is 8.12. The topological polar surface area (TPSA) is 105 Å². The average Bonchev–Trinajstić information content (AvgIpc) is 3.28. The van der Waals surface area contributed by atoms with Gasteiger partial charge in [0.25, 0.3) is 0 Å². The van der Waals surface area contributed by atoms with Crippen LogP contribution in [0.1, 0.15) is 22.2 Å². The molecule has 1 aliphatic rings. The Bertz CT molecular complexity index is 886. The minimum absolute atomic E-state index is 0.0516. The molecule has 0 bridgehead atoms. The number of sulfonamides is 1. The molecule has 0 saturated carbocycles. The molecule has 0 radical (unpaired) electrons. The van der Waals surface area contributed by atoms with Crippen LogP contribution < -0.4 is 5.32 Å². The second-order valence-corrected chi connectivity index (χ2v) is 9.85. The molecule has 26 heavy (non-hydrogen) atoms. The summed E-state index contributed by atoms with van der Waals surface area (Å²) in [6.45, 7) is 5.49. The maximum atomic E-state index is 13.0. The van der Waals surface area contributed by atoms with Crippen LogP contribution in [0.2, 0.25) is 0 Å². The van der Waals surface area contributed by atoms with Crippen LogP contribution in [0.5, 0.6) is 0 Å². The summed E-state index contributed by atoms with van der Waals surface area (Å²) in [4.78, 5) is 17.0. The first-order chi connectivity index (χ1) is 12.3. The quantitative estimate of drug-likeness (QED) is 0.760. The lowest BCUT2D eigenvalue weighted by Crippen LogP contribution is -2.47. The van der Waals surface area contributed by atoms with Gasteiger partial charge < -0.3 is 9.84 Å². The van der Waals surface area contributed by atoms with Crippen molar-refractivity contribution in [3.05, 3.63) is 27.5 Å². The van der Waals surface area contributed by atoms with Crippen molar-refractivity contribution in [3.8, 4) is 0 Å². The van der Waals surface area contributed by atoms with Crippen molar-refractivity contribution in [2.24, 2.45) is 0 Å². The lowest BCUT2D eigenvalue weighted by molar-refractivity contribution is -0.123. The van der Waals surface area contributed by atoms with E-state index in [2.05, 4.69) is 15.5 Å². The van der Waals surface area contributed by atoms with Gasteiger partial charge in [0.2, 0.25) is 15.9 Å². The van der Waals surface area contributed by atoms with Crippen LogP contribution in [0, 0.1) is 20.8 Å². The number of thiazole rings is 1. The minimum atomic E-state index is -3.84. The molecule has 0 spiro atoms. The molecule has 3 rings (SSSR count). The fourth-order valence-electron chi connectivity index (χ4n) is 2.79. The lowest BCUT2D eigenvalue weighted by Gasteiger charge is -2.22. The molecule has 0 unspecified atom stereocenters. The molecule has 11 heteroatoms. The molecular weight excluding hydrogens is 396 g/mol. The molecule has 1 atom stereocenters. The Morgan fingerprint density at radius 1 is 1.42 bits per heavy atom. The van der Waals surface area contributed by atoms with Crippen molar-refractivity contribution in [2.45, 2.75) is 38.1 Å². The molecule has 142 valence electrons. The Morgan fingerprint density at radius 2 is 2.19 bits per heavy atom. The predicted octanol–water partition coefficient (Wildman–Crippen LogP) is 1.48. The van der Waals surface area contributed by atoms with Gasteiger partial charge in [0.15, 0.2) is 5.76 Å². The van der Waals surface area contributed by atoms with Crippen LogP contribution in [0.3, 0.4) is 0 Å². The molecule has 1 amide bonds. The molecule has 0 aromatic carbocycles. The molecule has 2 aromatic rings. The highest BCUT2D eigenvalue weighted by Crippen LogP contribution is 2.31. The van der Waals surface area contributed by atoms with Gasteiger partial charge >= 0.3 is 0 Å². The van der Waals surface area contributed by atoms with E-state index >= 15 is 0 Å². The number of aryl methyl sites for hydroxylation is 3. The Balaban J connectivity index is 1.68. The van der Waals surface area contributed by atoms with Crippen molar-refractivity contribution >= 4 is 39.0 Å². The number of carbonyl (C=O) groups is 1. The van der Waals surface area contributed by atoms with E-state index in [-0.39, 0.29) is 22.4 Å². The van der Waals surface area contributed by atoms with Crippen LogP contribution in [0.15, 0.2) is 14.8 Å². The van der Waals surface area contributed by atoms with Crippen molar-refractivity contribution in [3.63, 3.8) is 0 Å². The van der Waals surface area contributed by atoms with E-state index in [9.17, 15) is 13.2 Å². The summed E-state index contributed by atoms with van der Waals surface area (Å²) in [7, 11) is -3.84. The Labute approximate surface area is 160 Å². The van der Waals surface area contributed by atoms with Gasteiger partial charge in [-0.15, -0.1) is 23.1 Å². The smallest absolute Gasteiger partial charge is 0.249 e. The first-order valence-electron chi connectivity index (χ1n) is 8.02. The zero-order chi connectivity index (χ0) is 18.9. The van der Waals surface area contributed by atoms with Gasteiger partial charge in [-0.1, -0.05) is 5.16 Å². The summed E-state index contributed by atoms with van der Waals surface area (Å²) < 4.78 is 32.2. The number of thioether (sulfide) groups is 1. The second-order valence-electron chi connectivity index (χ2n) is 5.96. The maximum Gasteiger partial charge on any atom is 0.249 e. The monoisotopic (exact) mass is 416 g/mol. The van der Waals surface area contributed by atoms with Crippen LogP contribution >= 0.6 is 23.1 Å². The summed E-state index contributed by atoms with van der Waals surface area (Å²) in [6, 6.07) is -0.740. The molecule has 2 aromatic heterocycles. The molecule has 3 heterocycles. The highest BCUT2D eigenvalue weighted by atomic mass is 32.2. The summed E-state index contributed by atoms with van der Waals surface area (Å²) >= 11 is 2.98. The third-order valence-electron chi connectivity index (χ3n) is 4.03. The maximum absolute atomic E-state index is 13.0. The number of nitrogens with zero attached hydrogens (tertiary/aromatic N) is 3. The lowest BCUT2D eigenvalue weighted by atomic mass is 10.3. The van der Waals surface area contributed by atoms with Gasteiger partial charge in [-0.05, 0) is 20.8 Å².